The van der Waals surface area contributed by atoms with Gasteiger partial charge in [0, 0.05) is 6.42 Å². The Balaban J connectivity index is 2.18. The second-order valence-electron chi connectivity index (χ2n) is 4.82. The summed E-state index contributed by atoms with van der Waals surface area (Å²) in [6.07, 6.45) is -0.518. The summed E-state index contributed by atoms with van der Waals surface area (Å²) in [6, 6.07) is 15.0. The average Bonchev–Trinajstić information content (AvgIpc) is 2.44. The number of aryl methyl sites for hydroxylation is 1. The molecule has 0 aliphatic rings. The molecule has 0 spiro atoms. The van der Waals surface area contributed by atoms with Crippen LogP contribution in [0.1, 0.15) is 16.7 Å². The van der Waals surface area contributed by atoms with Gasteiger partial charge in [-0.25, -0.2) is 4.79 Å². The van der Waals surface area contributed by atoms with Gasteiger partial charge >= 0.3 is 5.97 Å². The largest absolute Gasteiger partial charge is 0.478 e. The van der Waals surface area contributed by atoms with E-state index in [2.05, 4.69) is 0 Å². The maximum atomic E-state index is 11.4. The zero-order valence-corrected chi connectivity index (χ0v) is 11.7. The van der Waals surface area contributed by atoms with Crippen LogP contribution < -0.4 is 4.74 Å². The third-order valence-corrected chi connectivity index (χ3v) is 3.42. The van der Waals surface area contributed by atoms with E-state index in [1.54, 1.807) is 12.1 Å². The van der Waals surface area contributed by atoms with E-state index < -0.39 is 12.1 Å². The smallest absolute Gasteiger partial charge is 0.345 e. The molecule has 1 atom stereocenters. The highest BCUT2D eigenvalue weighted by molar-refractivity contribution is 5.73. The minimum absolute atomic E-state index is 0.359. The zero-order valence-electron chi connectivity index (χ0n) is 11.7. The molecule has 0 saturated carbocycles. The van der Waals surface area contributed by atoms with Gasteiger partial charge in [-0.1, -0.05) is 36.4 Å². The van der Waals surface area contributed by atoms with Crippen LogP contribution in [-0.2, 0) is 11.2 Å². The molecular weight excluding hydrogens is 252 g/mol. The highest BCUT2D eigenvalue weighted by Gasteiger charge is 2.21. The van der Waals surface area contributed by atoms with Crippen LogP contribution in [-0.4, -0.2) is 17.2 Å². The molecule has 0 aliphatic carbocycles. The molecule has 0 aromatic heterocycles. The second-order valence-corrected chi connectivity index (χ2v) is 4.82. The number of ether oxygens (including phenoxy) is 1. The molecule has 3 heteroatoms. The molecule has 0 amide bonds. The first kappa shape index (κ1) is 14.1. The standard InChI is InChI=1S/C17H18O3/c1-12-7-6-8-14(13(12)2)11-16(17(18)19)20-15-9-4-3-5-10-15/h3-10,16H,11H2,1-2H3,(H,18,19). The minimum Gasteiger partial charge on any atom is -0.478 e. The lowest BCUT2D eigenvalue weighted by Crippen LogP contribution is -2.29. The van der Waals surface area contributed by atoms with Crippen molar-refractivity contribution in [2.45, 2.75) is 26.4 Å². The number of para-hydroxylation sites is 1. The summed E-state index contributed by atoms with van der Waals surface area (Å²) in [5.41, 5.74) is 3.29. The quantitative estimate of drug-likeness (QED) is 0.906. The lowest BCUT2D eigenvalue weighted by molar-refractivity contribution is -0.145. The van der Waals surface area contributed by atoms with Gasteiger partial charge in [0.25, 0.3) is 0 Å². The van der Waals surface area contributed by atoms with Gasteiger partial charge in [0.2, 0.25) is 0 Å². The third kappa shape index (κ3) is 3.38. The first-order valence-electron chi connectivity index (χ1n) is 6.57. The number of rotatable bonds is 5. The number of benzene rings is 2. The molecule has 0 heterocycles. The summed E-state index contributed by atoms with van der Waals surface area (Å²) >= 11 is 0. The van der Waals surface area contributed by atoms with Gasteiger partial charge in [-0.05, 0) is 42.7 Å². The van der Waals surface area contributed by atoms with Crippen molar-refractivity contribution in [2.75, 3.05) is 0 Å². The van der Waals surface area contributed by atoms with Gasteiger partial charge in [-0.15, -0.1) is 0 Å². The molecule has 1 unspecified atom stereocenters. The molecule has 2 rings (SSSR count). The predicted molar refractivity (Wildman–Crippen MR) is 78.1 cm³/mol. The minimum atomic E-state index is -0.949. The van der Waals surface area contributed by atoms with Crippen LogP contribution in [0, 0.1) is 13.8 Å². The van der Waals surface area contributed by atoms with Crippen molar-refractivity contribution in [3.05, 3.63) is 65.2 Å². The van der Waals surface area contributed by atoms with Crippen LogP contribution in [0.4, 0.5) is 0 Å². The molecule has 0 saturated heterocycles. The molecule has 0 radical (unpaired) electrons. The fraction of sp³-hybridized carbons (Fsp3) is 0.235. The summed E-state index contributed by atoms with van der Waals surface area (Å²) < 4.78 is 5.58. The second kappa shape index (κ2) is 6.24. The molecule has 20 heavy (non-hydrogen) atoms. The summed E-state index contributed by atoms with van der Waals surface area (Å²) in [5, 5.41) is 9.33. The van der Waals surface area contributed by atoms with Crippen molar-refractivity contribution >= 4 is 5.97 Å². The number of carbonyl (C=O) groups is 1. The number of hydrogen-bond acceptors (Lipinski definition) is 2. The maximum Gasteiger partial charge on any atom is 0.345 e. The topological polar surface area (TPSA) is 46.5 Å². The van der Waals surface area contributed by atoms with Crippen LogP contribution in [0.5, 0.6) is 5.75 Å². The van der Waals surface area contributed by atoms with Crippen molar-refractivity contribution < 1.29 is 14.6 Å². The molecule has 0 aliphatic heterocycles. The Morgan fingerprint density at radius 3 is 2.45 bits per heavy atom. The normalized spacial score (nSPS) is 11.9. The Bertz CT molecular complexity index is 590. The summed E-state index contributed by atoms with van der Waals surface area (Å²) in [6.45, 7) is 4.03. The van der Waals surface area contributed by atoms with Gasteiger partial charge in [0.1, 0.15) is 5.75 Å². The lowest BCUT2D eigenvalue weighted by atomic mass is 9.98. The van der Waals surface area contributed by atoms with Crippen LogP contribution >= 0.6 is 0 Å². The van der Waals surface area contributed by atoms with Gasteiger partial charge in [0.15, 0.2) is 6.10 Å². The first-order chi connectivity index (χ1) is 9.58. The van der Waals surface area contributed by atoms with Crippen LogP contribution in [0.3, 0.4) is 0 Å². The number of carboxylic acids is 1. The van der Waals surface area contributed by atoms with E-state index >= 15 is 0 Å². The molecule has 2 aromatic rings. The molecule has 104 valence electrons. The molecule has 1 N–H and O–H groups in total. The lowest BCUT2D eigenvalue weighted by Gasteiger charge is -2.17. The average molecular weight is 270 g/mol. The molecule has 2 aromatic carbocycles. The van der Waals surface area contributed by atoms with E-state index in [0.29, 0.717) is 12.2 Å². The van der Waals surface area contributed by atoms with Crippen molar-refractivity contribution in [3.8, 4) is 5.75 Å². The maximum absolute atomic E-state index is 11.4. The SMILES string of the molecule is Cc1cccc(CC(Oc2ccccc2)C(=O)O)c1C. The van der Waals surface area contributed by atoms with Crippen molar-refractivity contribution in [3.63, 3.8) is 0 Å². The molecular formula is C17H18O3. The molecule has 0 bridgehead atoms. The number of aliphatic carboxylic acids is 1. The highest BCUT2D eigenvalue weighted by atomic mass is 16.5. The van der Waals surface area contributed by atoms with Crippen molar-refractivity contribution in [2.24, 2.45) is 0 Å². The van der Waals surface area contributed by atoms with Gasteiger partial charge in [0.05, 0.1) is 0 Å². The third-order valence-electron chi connectivity index (χ3n) is 3.42. The number of hydrogen-bond donors (Lipinski definition) is 1. The van der Waals surface area contributed by atoms with E-state index in [4.69, 9.17) is 4.74 Å². The Morgan fingerprint density at radius 1 is 1.10 bits per heavy atom. The first-order valence-corrected chi connectivity index (χ1v) is 6.57. The number of carboxylic acid groups (broad SMARTS) is 1. The summed E-state index contributed by atoms with van der Waals surface area (Å²) in [5.74, 6) is -0.375. The Kier molecular flexibility index (Phi) is 4.41. The van der Waals surface area contributed by atoms with Crippen LogP contribution in [0.15, 0.2) is 48.5 Å². The van der Waals surface area contributed by atoms with E-state index in [1.807, 2.05) is 50.2 Å². The fourth-order valence-corrected chi connectivity index (χ4v) is 2.08. The van der Waals surface area contributed by atoms with E-state index in [1.165, 1.54) is 0 Å². The van der Waals surface area contributed by atoms with Crippen molar-refractivity contribution in [1.82, 2.24) is 0 Å². The Hall–Kier alpha value is -2.29. The zero-order chi connectivity index (χ0) is 14.5. The van der Waals surface area contributed by atoms with Crippen LogP contribution in [0.25, 0.3) is 0 Å². The van der Waals surface area contributed by atoms with E-state index in [0.717, 1.165) is 16.7 Å². The molecule has 3 nitrogen and oxygen atoms in total. The summed E-state index contributed by atoms with van der Waals surface area (Å²) in [7, 11) is 0. The Morgan fingerprint density at radius 2 is 1.80 bits per heavy atom. The van der Waals surface area contributed by atoms with Crippen LogP contribution in [0.2, 0.25) is 0 Å². The highest BCUT2D eigenvalue weighted by Crippen LogP contribution is 2.18. The van der Waals surface area contributed by atoms with Gasteiger partial charge < -0.3 is 9.84 Å². The summed E-state index contributed by atoms with van der Waals surface area (Å²) in [4.78, 5) is 11.4. The van der Waals surface area contributed by atoms with Gasteiger partial charge in [-0.3, -0.25) is 0 Å². The van der Waals surface area contributed by atoms with E-state index in [9.17, 15) is 9.90 Å². The molecule has 0 fully saturated rings. The predicted octanol–water partition coefficient (Wildman–Crippen LogP) is 3.38. The van der Waals surface area contributed by atoms with Gasteiger partial charge in [-0.2, -0.15) is 0 Å². The Labute approximate surface area is 118 Å². The van der Waals surface area contributed by atoms with Crippen molar-refractivity contribution in [1.29, 1.82) is 0 Å². The van der Waals surface area contributed by atoms with E-state index in [-0.39, 0.29) is 0 Å². The monoisotopic (exact) mass is 270 g/mol. The fourth-order valence-electron chi connectivity index (χ4n) is 2.08.